The van der Waals surface area contributed by atoms with Gasteiger partial charge < -0.3 is 4.74 Å². The number of hydrogen-bond donors (Lipinski definition) is 0. The van der Waals surface area contributed by atoms with Crippen molar-refractivity contribution in [1.82, 2.24) is 0 Å². The number of benzene rings is 2. The summed E-state index contributed by atoms with van der Waals surface area (Å²) in [7, 11) is 1.71. The Balaban J connectivity index is 1.75. The molecule has 1 fully saturated rings. The topological polar surface area (TPSA) is 26.3 Å². The molecule has 0 radical (unpaired) electrons. The first-order chi connectivity index (χ1) is 11.6. The van der Waals surface area contributed by atoms with Gasteiger partial charge in [-0.05, 0) is 61.8 Å². The smallest absolute Gasteiger partial charge is 0.136 e. The number of aryl methyl sites for hydroxylation is 2. The van der Waals surface area contributed by atoms with Gasteiger partial charge in [-0.2, -0.15) is 0 Å². The van der Waals surface area contributed by atoms with Crippen molar-refractivity contribution in [2.75, 3.05) is 7.11 Å². The first-order valence-corrected chi connectivity index (χ1v) is 8.79. The van der Waals surface area contributed by atoms with E-state index in [1.54, 1.807) is 7.11 Å². The highest BCUT2D eigenvalue weighted by molar-refractivity contribution is 5.82. The summed E-state index contributed by atoms with van der Waals surface area (Å²) >= 11 is 0. The van der Waals surface area contributed by atoms with E-state index in [2.05, 4.69) is 56.3 Å². The van der Waals surface area contributed by atoms with Gasteiger partial charge in [0.25, 0.3) is 0 Å². The molecule has 0 heterocycles. The Morgan fingerprint density at radius 3 is 2.67 bits per heavy atom. The van der Waals surface area contributed by atoms with Gasteiger partial charge in [0.1, 0.15) is 11.5 Å². The van der Waals surface area contributed by atoms with Crippen molar-refractivity contribution in [1.29, 1.82) is 0 Å². The zero-order valence-electron chi connectivity index (χ0n) is 14.8. The molecule has 0 aromatic heterocycles. The lowest BCUT2D eigenvalue weighted by Gasteiger charge is -2.29. The fourth-order valence-corrected chi connectivity index (χ4v) is 3.89. The van der Waals surface area contributed by atoms with Crippen LogP contribution in [0.15, 0.2) is 42.5 Å². The van der Waals surface area contributed by atoms with Crippen LogP contribution in [0, 0.1) is 19.8 Å². The van der Waals surface area contributed by atoms with Crippen LogP contribution in [0.4, 0.5) is 0 Å². The summed E-state index contributed by atoms with van der Waals surface area (Å²) in [6.07, 6.45) is 3.49. The molecule has 0 spiro atoms. The lowest BCUT2D eigenvalue weighted by Crippen LogP contribution is -2.25. The summed E-state index contributed by atoms with van der Waals surface area (Å²) < 4.78 is 5.36. The summed E-state index contributed by atoms with van der Waals surface area (Å²) in [5, 5.41) is 0. The van der Waals surface area contributed by atoms with E-state index in [0.717, 1.165) is 25.0 Å². The van der Waals surface area contributed by atoms with Crippen LogP contribution in [-0.2, 0) is 11.2 Å². The fourth-order valence-electron chi connectivity index (χ4n) is 3.89. The number of carbonyl (C=O) groups excluding carboxylic acids is 1. The van der Waals surface area contributed by atoms with E-state index >= 15 is 0 Å². The quantitative estimate of drug-likeness (QED) is 0.791. The normalized spacial score (nSPS) is 20.9. The van der Waals surface area contributed by atoms with E-state index in [1.165, 1.54) is 22.3 Å². The van der Waals surface area contributed by atoms with Crippen LogP contribution in [0.2, 0.25) is 0 Å². The highest BCUT2D eigenvalue weighted by Crippen LogP contribution is 2.37. The van der Waals surface area contributed by atoms with Crippen LogP contribution in [-0.4, -0.2) is 12.9 Å². The molecule has 1 aliphatic rings. The monoisotopic (exact) mass is 322 g/mol. The predicted octanol–water partition coefficient (Wildman–Crippen LogP) is 5.01. The standard InChI is InChI=1S/C22H26O2/c1-15-5-4-6-17(11-15)13-20-14-19(7-9-21(20)23)18-8-10-22(24-3)16(2)12-18/h4-6,8,10-12,19-20H,7,9,13-14H2,1-3H3. The maximum Gasteiger partial charge on any atom is 0.136 e. The van der Waals surface area contributed by atoms with Crippen LogP contribution >= 0.6 is 0 Å². The molecule has 2 nitrogen and oxygen atoms in total. The Kier molecular flexibility index (Phi) is 5.03. The zero-order chi connectivity index (χ0) is 17.1. The molecule has 0 bridgehead atoms. The molecule has 126 valence electrons. The van der Waals surface area contributed by atoms with Crippen molar-refractivity contribution in [2.45, 2.75) is 45.4 Å². The summed E-state index contributed by atoms with van der Waals surface area (Å²) in [6.45, 7) is 4.19. The highest BCUT2D eigenvalue weighted by Gasteiger charge is 2.29. The lowest BCUT2D eigenvalue weighted by atomic mass is 9.75. The van der Waals surface area contributed by atoms with Crippen LogP contribution in [0.3, 0.4) is 0 Å². The summed E-state index contributed by atoms with van der Waals surface area (Å²) in [6, 6.07) is 15.0. The van der Waals surface area contributed by atoms with Gasteiger partial charge in [-0.25, -0.2) is 0 Å². The number of ketones is 1. The van der Waals surface area contributed by atoms with Crippen molar-refractivity contribution in [3.05, 3.63) is 64.7 Å². The van der Waals surface area contributed by atoms with Crippen LogP contribution in [0.5, 0.6) is 5.75 Å². The van der Waals surface area contributed by atoms with E-state index < -0.39 is 0 Å². The average Bonchev–Trinajstić information content (AvgIpc) is 2.57. The minimum atomic E-state index is 0.146. The Hall–Kier alpha value is -2.09. The fraction of sp³-hybridized carbons (Fsp3) is 0.409. The molecular weight excluding hydrogens is 296 g/mol. The molecule has 2 unspecified atom stereocenters. The number of rotatable bonds is 4. The van der Waals surface area contributed by atoms with Crippen molar-refractivity contribution in [3.8, 4) is 5.75 Å². The molecule has 0 amide bonds. The predicted molar refractivity (Wildman–Crippen MR) is 97.7 cm³/mol. The van der Waals surface area contributed by atoms with Gasteiger partial charge in [-0.15, -0.1) is 0 Å². The first kappa shape index (κ1) is 16.8. The summed E-state index contributed by atoms with van der Waals surface area (Å²) in [4.78, 5) is 12.4. The van der Waals surface area contributed by atoms with Gasteiger partial charge in [-0.1, -0.05) is 42.0 Å². The van der Waals surface area contributed by atoms with E-state index in [1.807, 2.05) is 0 Å². The highest BCUT2D eigenvalue weighted by atomic mass is 16.5. The van der Waals surface area contributed by atoms with Crippen molar-refractivity contribution in [3.63, 3.8) is 0 Å². The van der Waals surface area contributed by atoms with Crippen LogP contribution < -0.4 is 4.74 Å². The number of Topliss-reactive ketones (excluding diaryl/α,β-unsaturated/α-hetero) is 1. The molecule has 0 N–H and O–H groups in total. The van der Waals surface area contributed by atoms with E-state index in [0.29, 0.717) is 18.1 Å². The maximum absolute atomic E-state index is 12.4. The molecule has 2 atom stereocenters. The van der Waals surface area contributed by atoms with Crippen molar-refractivity contribution in [2.24, 2.45) is 5.92 Å². The molecule has 1 aliphatic carbocycles. The third kappa shape index (κ3) is 3.69. The third-order valence-corrected chi connectivity index (χ3v) is 5.22. The van der Waals surface area contributed by atoms with E-state index in [4.69, 9.17) is 4.74 Å². The molecule has 1 saturated carbocycles. The summed E-state index contributed by atoms with van der Waals surface area (Å²) in [5.74, 6) is 1.98. The van der Waals surface area contributed by atoms with Gasteiger partial charge in [0.15, 0.2) is 0 Å². The SMILES string of the molecule is COc1ccc(C2CCC(=O)C(Cc3cccc(C)c3)C2)cc1C. The first-order valence-electron chi connectivity index (χ1n) is 8.79. The number of hydrogen-bond acceptors (Lipinski definition) is 2. The maximum atomic E-state index is 12.4. The Morgan fingerprint density at radius 1 is 1.12 bits per heavy atom. The zero-order valence-corrected chi connectivity index (χ0v) is 14.8. The van der Waals surface area contributed by atoms with Gasteiger partial charge in [0, 0.05) is 12.3 Å². The number of ether oxygens (including phenoxy) is 1. The Bertz CT molecular complexity index is 732. The molecule has 2 heteroatoms. The molecular formula is C22H26O2. The van der Waals surface area contributed by atoms with Gasteiger partial charge in [-0.3, -0.25) is 4.79 Å². The summed E-state index contributed by atoms with van der Waals surface area (Å²) in [5.41, 5.74) is 5.05. The number of methoxy groups -OCH3 is 1. The van der Waals surface area contributed by atoms with Crippen molar-refractivity contribution >= 4 is 5.78 Å². The number of carbonyl (C=O) groups is 1. The molecule has 3 rings (SSSR count). The second-order valence-electron chi connectivity index (χ2n) is 7.06. The lowest BCUT2D eigenvalue weighted by molar-refractivity contribution is -0.124. The van der Waals surface area contributed by atoms with Crippen LogP contribution in [0.25, 0.3) is 0 Å². The molecule has 0 aliphatic heterocycles. The van der Waals surface area contributed by atoms with E-state index in [9.17, 15) is 4.79 Å². The molecule has 0 saturated heterocycles. The second kappa shape index (κ2) is 7.21. The Labute approximate surface area is 144 Å². The second-order valence-corrected chi connectivity index (χ2v) is 7.06. The Morgan fingerprint density at radius 2 is 1.96 bits per heavy atom. The minimum absolute atomic E-state index is 0.146. The van der Waals surface area contributed by atoms with Gasteiger partial charge >= 0.3 is 0 Å². The molecule has 2 aromatic carbocycles. The minimum Gasteiger partial charge on any atom is -0.496 e. The van der Waals surface area contributed by atoms with Crippen LogP contribution in [0.1, 0.15) is 47.4 Å². The molecule has 24 heavy (non-hydrogen) atoms. The third-order valence-electron chi connectivity index (χ3n) is 5.22. The van der Waals surface area contributed by atoms with Gasteiger partial charge in [0.05, 0.1) is 7.11 Å². The van der Waals surface area contributed by atoms with E-state index in [-0.39, 0.29) is 5.92 Å². The van der Waals surface area contributed by atoms with Gasteiger partial charge in [0.2, 0.25) is 0 Å². The average molecular weight is 322 g/mol. The largest absolute Gasteiger partial charge is 0.496 e. The van der Waals surface area contributed by atoms with Crippen molar-refractivity contribution < 1.29 is 9.53 Å². The molecule has 2 aromatic rings.